The summed E-state index contributed by atoms with van der Waals surface area (Å²) < 4.78 is 25.7. The van der Waals surface area contributed by atoms with Crippen LogP contribution in [0, 0.1) is 29.0 Å². The number of carboxylic acid groups (broad SMARTS) is 2. The van der Waals surface area contributed by atoms with Crippen LogP contribution in [0.1, 0.15) is 62.2 Å². The average Bonchev–Trinajstić information content (AvgIpc) is 3.38. The molecule has 0 aliphatic heterocycles. The van der Waals surface area contributed by atoms with Crippen molar-refractivity contribution in [2.24, 2.45) is 23.2 Å². The van der Waals surface area contributed by atoms with Crippen molar-refractivity contribution < 1.29 is 38.5 Å². The monoisotopic (exact) mass is 463 g/mol. The van der Waals surface area contributed by atoms with Gasteiger partial charge in [0.15, 0.2) is 11.6 Å². The van der Waals surface area contributed by atoms with Gasteiger partial charge in [-0.25, -0.2) is 4.39 Å². The Balaban J connectivity index is 1.50. The molecule has 33 heavy (non-hydrogen) atoms. The van der Waals surface area contributed by atoms with E-state index in [4.69, 9.17) is 9.47 Å². The van der Waals surface area contributed by atoms with Gasteiger partial charge < -0.3 is 25.0 Å². The summed E-state index contributed by atoms with van der Waals surface area (Å²) in [6.45, 7) is 1.70. The largest absolute Gasteiger partial charge is 0.496 e. The molecule has 3 aliphatic carbocycles. The number of hydrogen-bond donors (Lipinski definition) is 3. The topological polar surface area (TPSA) is 122 Å². The molecule has 9 heteroatoms. The Hall–Kier alpha value is -2.84. The maximum atomic E-state index is 14.7. The zero-order valence-corrected chi connectivity index (χ0v) is 18.8. The molecule has 3 saturated carbocycles. The maximum absolute atomic E-state index is 14.7. The molecule has 0 radical (unpaired) electrons. The Labute approximate surface area is 191 Å². The smallest absolute Gasteiger partial charge is 0.309 e. The second kappa shape index (κ2) is 8.83. The molecule has 0 aromatic heterocycles. The Morgan fingerprint density at radius 2 is 1.73 bits per heavy atom. The Morgan fingerprint density at radius 3 is 2.33 bits per heavy atom. The molecule has 4 rings (SSSR count). The highest BCUT2D eigenvalue weighted by molar-refractivity contribution is 5.98. The van der Waals surface area contributed by atoms with Crippen LogP contribution < -0.4 is 14.8 Å². The zero-order valence-electron chi connectivity index (χ0n) is 18.8. The van der Waals surface area contributed by atoms with Gasteiger partial charge in [-0.1, -0.05) is 0 Å². The summed E-state index contributed by atoms with van der Waals surface area (Å²) in [6, 6.07) is 1.90. The molecule has 1 aromatic rings. The Kier molecular flexibility index (Phi) is 6.24. The first-order chi connectivity index (χ1) is 15.6. The highest BCUT2D eigenvalue weighted by Crippen LogP contribution is 2.49. The normalized spacial score (nSPS) is 32.9. The SMILES string of the molecule is COc1cc(F)c(O[C@H]2CC[C@@](C)(C(=O)O)CC2)cc1C(=O)N[C@@H]1[C@H]2CC[C@H](C2)[C@@H]1C(=O)O. The van der Waals surface area contributed by atoms with Crippen molar-refractivity contribution in [3.8, 4) is 11.5 Å². The fraction of sp³-hybridized carbons (Fsp3) is 0.625. The maximum Gasteiger partial charge on any atom is 0.309 e. The molecule has 0 unspecified atom stereocenters. The van der Waals surface area contributed by atoms with E-state index in [0.29, 0.717) is 25.7 Å². The first-order valence-corrected chi connectivity index (χ1v) is 11.4. The number of fused-ring (bicyclic) bond motifs is 2. The van der Waals surface area contributed by atoms with Gasteiger partial charge in [0.1, 0.15) is 5.75 Å². The summed E-state index contributed by atoms with van der Waals surface area (Å²) in [4.78, 5) is 36.3. The molecule has 2 bridgehead atoms. The Morgan fingerprint density at radius 1 is 1.06 bits per heavy atom. The molecule has 3 fully saturated rings. The number of aliphatic carboxylic acids is 2. The van der Waals surface area contributed by atoms with Crippen LogP contribution in [-0.2, 0) is 9.59 Å². The van der Waals surface area contributed by atoms with Crippen molar-refractivity contribution in [3.05, 3.63) is 23.5 Å². The van der Waals surface area contributed by atoms with Crippen LogP contribution in [0.3, 0.4) is 0 Å². The molecule has 4 atom stereocenters. The van der Waals surface area contributed by atoms with Gasteiger partial charge in [-0.15, -0.1) is 0 Å². The number of amides is 1. The Bertz CT molecular complexity index is 956. The van der Waals surface area contributed by atoms with Gasteiger partial charge in [0.2, 0.25) is 0 Å². The molecule has 0 spiro atoms. The van der Waals surface area contributed by atoms with Crippen LogP contribution >= 0.6 is 0 Å². The van der Waals surface area contributed by atoms with E-state index in [1.54, 1.807) is 6.92 Å². The minimum absolute atomic E-state index is 0.0366. The summed E-state index contributed by atoms with van der Waals surface area (Å²) in [5.41, 5.74) is -0.739. The summed E-state index contributed by atoms with van der Waals surface area (Å²) in [6.07, 6.45) is 3.91. The molecule has 3 N–H and O–H groups in total. The van der Waals surface area contributed by atoms with Crippen molar-refractivity contribution in [1.82, 2.24) is 5.32 Å². The van der Waals surface area contributed by atoms with Gasteiger partial charge in [-0.3, -0.25) is 14.4 Å². The predicted molar refractivity (Wildman–Crippen MR) is 115 cm³/mol. The van der Waals surface area contributed by atoms with E-state index in [0.717, 1.165) is 25.3 Å². The summed E-state index contributed by atoms with van der Waals surface area (Å²) >= 11 is 0. The van der Waals surface area contributed by atoms with Crippen LogP contribution in [0.4, 0.5) is 4.39 Å². The van der Waals surface area contributed by atoms with Crippen LogP contribution in [0.5, 0.6) is 11.5 Å². The molecular weight excluding hydrogens is 433 g/mol. The van der Waals surface area contributed by atoms with E-state index < -0.39 is 41.0 Å². The van der Waals surface area contributed by atoms with Crippen molar-refractivity contribution in [3.63, 3.8) is 0 Å². The third-order valence-corrected chi connectivity index (χ3v) is 7.84. The van der Waals surface area contributed by atoms with Crippen molar-refractivity contribution in [2.75, 3.05) is 7.11 Å². The summed E-state index contributed by atoms with van der Waals surface area (Å²) in [5.74, 6) is -3.48. The van der Waals surface area contributed by atoms with Gasteiger partial charge in [0.25, 0.3) is 5.91 Å². The third-order valence-electron chi connectivity index (χ3n) is 7.84. The molecule has 0 saturated heterocycles. The van der Waals surface area contributed by atoms with Crippen LogP contribution in [0.2, 0.25) is 0 Å². The number of nitrogens with one attached hydrogen (secondary N) is 1. The van der Waals surface area contributed by atoms with E-state index >= 15 is 0 Å². The first-order valence-electron chi connectivity index (χ1n) is 11.4. The minimum Gasteiger partial charge on any atom is -0.496 e. The number of carbonyl (C=O) groups excluding carboxylic acids is 1. The van der Waals surface area contributed by atoms with Crippen LogP contribution in [-0.4, -0.2) is 47.3 Å². The van der Waals surface area contributed by atoms with E-state index in [-0.39, 0.29) is 35.0 Å². The molecule has 0 heterocycles. The lowest BCUT2D eigenvalue weighted by Crippen LogP contribution is -2.46. The number of rotatable bonds is 7. The lowest BCUT2D eigenvalue weighted by Gasteiger charge is -2.34. The van der Waals surface area contributed by atoms with Gasteiger partial charge in [-0.2, -0.15) is 0 Å². The fourth-order valence-electron chi connectivity index (χ4n) is 5.79. The van der Waals surface area contributed by atoms with Crippen molar-refractivity contribution >= 4 is 17.8 Å². The number of carbonyl (C=O) groups is 3. The van der Waals surface area contributed by atoms with Gasteiger partial charge in [0, 0.05) is 12.1 Å². The first kappa shape index (κ1) is 23.3. The summed E-state index contributed by atoms with van der Waals surface area (Å²) in [5, 5.41) is 21.9. The van der Waals surface area contributed by atoms with E-state index in [1.165, 1.54) is 13.2 Å². The number of benzene rings is 1. The number of methoxy groups -OCH3 is 1. The molecular formula is C24H30FNO7. The lowest BCUT2D eigenvalue weighted by molar-refractivity contribution is -0.150. The number of ether oxygens (including phenoxy) is 2. The quantitative estimate of drug-likeness (QED) is 0.566. The van der Waals surface area contributed by atoms with Crippen molar-refractivity contribution in [2.45, 2.75) is 64.0 Å². The molecule has 1 aromatic carbocycles. The highest BCUT2D eigenvalue weighted by atomic mass is 19.1. The number of hydrogen-bond acceptors (Lipinski definition) is 5. The summed E-state index contributed by atoms with van der Waals surface area (Å²) in [7, 11) is 1.33. The number of carboxylic acids is 2. The second-order valence-electron chi connectivity index (χ2n) is 9.86. The van der Waals surface area contributed by atoms with Crippen molar-refractivity contribution in [1.29, 1.82) is 0 Å². The number of halogens is 1. The van der Waals surface area contributed by atoms with E-state index in [2.05, 4.69) is 5.32 Å². The van der Waals surface area contributed by atoms with Gasteiger partial charge in [-0.05, 0) is 69.8 Å². The molecule has 180 valence electrons. The van der Waals surface area contributed by atoms with E-state index in [1.807, 2.05) is 0 Å². The molecule has 8 nitrogen and oxygen atoms in total. The molecule has 3 aliphatic rings. The minimum atomic E-state index is -0.909. The van der Waals surface area contributed by atoms with Crippen LogP contribution in [0.25, 0.3) is 0 Å². The van der Waals surface area contributed by atoms with Gasteiger partial charge in [0.05, 0.1) is 30.1 Å². The lowest BCUT2D eigenvalue weighted by atomic mass is 9.75. The zero-order chi connectivity index (χ0) is 23.9. The standard InChI is InChI=1S/C24H30FNO7/c1-24(23(30)31)7-5-14(6-8-24)33-18-10-15(17(32-2)11-16(18)25)21(27)26-20-13-4-3-12(9-13)19(20)22(28)29/h10-14,19-20H,3-9H2,1-2H3,(H,26,27)(H,28,29)(H,30,31)/t12-,13+,14-,19+,20-,24+/m1/s1. The van der Waals surface area contributed by atoms with Gasteiger partial charge >= 0.3 is 11.9 Å². The highest BCUT2D eigenvalue weighted by Gasteiger charge is 2.51. The van der Waals surface area contributed by atoms with Crippen LogP contribution in [0.15, 0.2) is 12.1 Å². The average molecular weight is 464 g/mol. The van der Waals surface area contributed by atoms with E-state index in [9.17, 15) is 29.0 Å². The molecule has 1 amide bonds. The fourth-order valence-corrected chi connectivity index (χ4v) is 5.79. The predicted octanol–water partition coefficient (Wildman–Crippen LogP) is 3.48. The second-order valence-corrected chi connectivity index (χ2v) is 9.86. The third kappa shape index (κ3) is 4.37.